The van der Waals surface area contributed by atoms with E-state index in [9.17, 15) is 0 Å². The molecule has 0 heterocycles. The Labute approximate surface area is 67.3 Å². The molecule has 0 spiro atoms. The summed E-state index contributed by atoms with van der Waals surface area (Å²) in [4.78, 5) is 0. The average Bonchev–Trinajstić information content (AvgIpc) is 0.722. The Morgan fingerprint density at radius 1 is 0.818 bits per heavy atom. The minimum absolute atomic E-state index is 0. The van der Waals surface area contributed by atoms with Gasteiger partial charge in [0.2, 0.25) is 0 Å². The first-order valence-corrected chi connectivity index (χ1v) is 5.46. The van der Waals surface area contributed by atoms with Gasteiger partial charge in [-0.2, -0.15) is 0 Å². The molecule has 0 saturated carbocycles. The van der Waals surface area contributed by atoms with E-state index in [1.54, 1.807) is 0 Å². The quantitative estimate of drug-likeness (QED) is 0.381. The van der Waals surface area contributed by atoms with Crippen LogP contribution in [-0.2, 0) is 29.0 Å². The van der Waals surface area contributed by atoms with Crippen LogP contribution in [0.5, 0.6) is 0 Å². The molecule has 0 aliphatic heterocycles. The van der Waals surface area contributed by atoms with Crippen molar-refractivity contribution in [2.24, 2.45) is 0 Å². The van der Waals surface area contributed by atoms with Crippen molar-refractivity contribution in [3.05, 3.63) is 0 Å². The van der Waals surface area contributed by atoms with Gasteiger partial charge in [-0.3, -0.25) is 0 Å². The van der Waals surface area contributed by atoms with Crippen LogP contribution in [0.3, 0.4) is 0 Å². The third-order valence-corrected chi connectivity index (χ3v) is 0. The molecule has 80 valence electrons. The fourth-order valence-electron chi connectivity index (χ4n) is 0. The van der Waals surface area contributed by atoms with Crippen LogP contribution >= 0.6 is 0 Å². The maximum atomic E-state index is 8.65. The van der Waals surface area contributed by atoms with E-state index in [2.05, 4.69) is 0 Å². The Morgan fingerprint density at radius 3 is 0.818 bits per heavy atom. The van der Waals surface area contributed by atoms with E-state index in [0.717, 1.165) is 0 Å². The molecular weight excluding hydrogens is 336 g/mol. The van der Waals surface area contributed by atoms with Crippen LogP contribution < -0.4 is 32.1 Å². The molecule has 0 amide bonds. The van der Waals surface area contributed by atoms with Crippen LogP contribution in [0.15, 0.2) is 0 Å². The first-order valence-electron chi connectivity index (χ1n) is 0.667. The molecule has 0 atom stereocenters. The van der Waals surface area contributed by atoms with Gasteiger partial charge in [-0.1, -0.05) is 0 Å². The predicted octanol–water partition coefficient (Wildman–Crippen LogP) is -2.06. The van der Waals surface area contributed by atoms with Crippen molar-refractivity contribution < 1.29 is 42.0 Å². The second-order valence-electron chi connectivity index (χ2n) is 0.408. The fourth-order valence-corrected chi connectivity index (χ4v) is 0. The molecule has 0 aliphatic carbocycles. The summed E-state index contributed by atoms with van der Waals surface area (Å²) in [7, 11) is 0. The van der Waals surface area contributed by atoms with Crippen molar-refractivity contribution >= 4 is 0 Å². The summed E-state index contributed by atoms with van der Waals surface area (Å²) in [6.07, 6.45) is 0. The van der Waals surface area contributed by atoms with Crippen LogP contribution in [0.1, 0.15) is 0 Å². The van der Waals surface area contributed by atoms with Crippen LogP contribution in [0.25, 0.3) is 0 Å². The van der Waals surface area contributed by atoms with Crippen LogP contribution in [0.2, 0.25) is 0 Å². The van der Waals surface area contributed by atoms with Gasteiger partial charge in [-0.25, -0.2) is 0 Å². The Kier molecular flexibility index (Phi) is 142. The molecule has 11 heteroatoms. The summed E-state index contributed by atoms with van der Waals surface area (Å²) in [5.74, 6) is 0. The van der Waals surface area contributed by atoms with Crippen molar-refractivity contribution in [2.75, 3.05) is 0 Å². The SMILES string of the molecule is O.[NH4+].[NH4+].[NH4+].[NH4+].[O-2].[O]=[W](=[O])([O-])[O-]. The van der Waals surface area contributed by atoms with Crippen LogP contribution in [-0.4, -0.2) is 5.48 Å². The topological polar surface area (TPSA) is 286 Å². The average molecular weight is 354 g/mol. The van der Waals surface area contributed by atoms with Gasteiger partial charge in [0.25, 0.3) is 0 Å². The minimum atomic E-state index is -6.17. The molecule has 0 aliphatic rings. The van der Waals surface area contributed by atoms with E-state index in [1.807, 2.05) is 0 Å². The van der Waals surface area contributed by atoms with Gasteiger partial charge >= 0.3 is 31.1 Å². The first kappa shape index (κ1) is 69.2. The monoisotopic (exact) mass is 354 g/mol. The summed E-state index contributed by atoms with van der Waals surface area (Å²) in [6, 6.07) is 0. The second-order valence-corrected chi connectivity index (χ2v) is 3.34. The number of hydrogen-bond acceptors (Lipinski definition) is 4. The summed E-state index contributed by atoms with van der Waals surface area (Å²) in [6.45, 7) is 0. The van der Waals surface area contributed by atoms with Gasteiger partial charge < -0.3 is 35.6 Å². The molecule has 0 fully saturated rings. The van der Waals surface area contributed by atoms with E-state index >= 15 is 0 Å². The van der Waals surface area contributed by atoms with Gasteiger partial charge in [0.05, 0.1) is 0 Å². The molecule has 10 nitrogen and oxygen atoms in total. The molecule has 0 unspecified atom stereocenters. The molecule has 18 N–H and O–H groups in total. The van der Waals surface area contributed by atoms with Gasteiger partial charge in [0.15, 0.2) is 0 Å². The summed E-state index contributed by atoms with van der Waals surface area (Å²) in [5, 5.41) is 0. The summed E-state index contributed by atoms with van der Waals surface area (Å²) < 4.78 is 34.6. The Balaban J connectivity index is -0.00000000533. The van der Waals surface area contributed by atoms with E-state index in [0.29, 0.717) is 0 Å². The Hall–Kier alpha value is -0.0317. The zero-order valence-corrected chi connectivity index (χ0v) is 9.88. The maximum absolute atomic E-state index is 8.65. The van der Waals surface area contributed by atoms with Gasteiger partial charge in [-0.05, 0) is 0 Å². The van der Waals surface area contributed by atoms with E-state index < -0.39 is 16.7 Å². The number of quaternary nitrogens is 4. The predicted molar refractivity (Wildman–Crippen MR) is 29.6 cm³/mol. The van der Waals surface area contributed by atoms with Gasteiger partial charge in [0, 0.05) is 0 Å². The molecule has 0 aromatic heterocycles. The molecular formula is H18N4O6W. The van der Waals surface area contributed by atoms with Crippen LogP contribution in [0.4, 0.5) is 0 Å². The van der Waals surface area contributed by atoms with Gasteiger partial charge in [0.1, 0.15) is 0 Å². The third-order valence-electron chi connectivity index (χ3n) is 0. The molecule has 0 bridgehead atoms. The fraction of sp³-hybridized carbons (Fsp3) is 0. The number of hydrogen-bond donors (Lipinski definition) is 4. The van der Waals surface area contributed by atoms with Crippen molar-refractivity contribution in [3.63, 3.8) is 0 Å². The third kappa shape index (κ3) is 630000. The van der Waals surface area contributed by atoms with Crippen molar-refractivity contribution in [1.29, 1.82) is 0 Å². The Morgan fingerprint density at radius 2 is 0.818 bits per heavy atom. The molecule has 0 saturated heterocycles. The van der Waals surface area contributed by atoms with Crippen molar-refractivity contribution in [3.8, 4) is 0 Å². The normalized spacial score (nSPS) is 5.27. The first-order chi connectivity index (χ1) is 2.00. The molecule has 0 rings (SSSR count). The van der Waals surface area contributed by atoms with E-state index in [1.165, 1.54) is 0 Å². The van der Waals surface area contributed by atoms with Crippen molar-refractivity contribution in [2.45, 2.75) is 0 Å². The zero-order valence-electron chi connectivity index (χ0n) is 6.95. The van der Waals surface area contributed by atoms with E-state index in [4.69, 9.17) is 14.3 Å². The molecule has 0 aromatic rings. The second kappa shape index (κ2) is 22.5. The van der Waals surface area contributed by atoms with E-state index in [-0.39, 0.29) is 35.6 Å². The van der Waals surface area contributed by atoms with Crippen LogP contribution in [0, 0.1) is 0 Å². The molecule has 11 heavy (non-hydrogen) atoms. The summed E-state index contributed by atoms with van der Waals surface area (Å²) in [5.41, 5.74) is 0. The van der Waals surface area contributed by atoms with Crippen molar-refractivity contribution in [1.82, 2.24) is 24.6 Å². The number of rotatable bonds is 0. The Bertz CT molecular complexity index is 97.8. The molecule has 0 radical (unpaired) electrons. The molecule has 0 aromatic carbocycles. The summed E-state index contributed by atoms with van der Waals surface area (Å²) >= 11 is -6.17. The standard InChI is InChI=1S/4H3N.H2O.5O.W/h4*1H3;1H2;;;;;;/q;;;;;;;-2;2*-1;/p+4. The zero-order chi connectivity index (χ0) is 4.50. The van der Waals surface area contributed by atoms with Gasteiger partial charge in [-0.15, -0.1) is 0 Å².